The number of likely N-dealkylation sites (tertiary alicyclic amines) is 1. The van der Waals surface area contributed by atoms with Gasteiger partial charge < -0.3 is 14.2 Å². The molecule has 2 atom stereocenters. The maximum atomic E-state index is 13.5. The molecular formula is C22H31N3O2S. The number of amides is 1. The normalized spacial score (nSPS) is 23.5. The van der Waals surface area contributed by atoms with E-state index in [9.17, 15) is 4.79 Å². The highest BCUT2D eigenvalue weighted by Crippen LogP contribution is 2.32. The Balaban J connectivity index is 1.51. The number of rotatable bonds is 4. The first-order valence-electron chi connectivity index (χ1n) is 10.5. The third kappa shape index (κ3) is 4.17. The first kappa shape index (κ1) is 19.6. The molecule has 1 amide bonds. The zero-order valence-corrected chi connectivity index (χ0v) is 18.0. The van der Waals surface area contributed by atoms with Gasteiger partial charge in [-0.15, -0.1) is 0 Å². The van der Waals surface area contributed by atoms with Crippen molar-refractivity contribution >= 4 is 34.8 Å². The summed E-state index contributed by atoms with van der Waals surface area (Å²) < 4.78 is 6.20. The molecule has 2 fully saturated rings. The molecule has 5 nitrogen and oxygen atoms in total. The molecule has 0 spiro atoms. The van der Waals surface area contributed by atoms with Gasteiger partial charge in [-0.2, -0.15) is 16.7 Å². The van der Waals surface area contributed by atoms with Gasteiger partial charge in [0.1, 0.15) is 11.6 Å². The van der Waals surface area contributed by atoms with E-state index in [1.165, 1.54) is 6.42 Å². The zero-order valence-electron chi connectivity index (χ0n) is 17.2. The van der Waals surface area contributed by atoms with Crippen LogP contribution in [0.15, 0.2) is 28.7 Å². The van der Waals surface area contributed by atoms with Gasteiger partial charge >= 0.3 is 0 Å². The molecule has 4 rings (SSSR count). The predicted octanol–water partition coefficient (Wildman–Crippen LogP) is 4.71. The van der Waals surface area contributed by atoms with Crippen LogP contribution in [-0.4, -0.2) is 51.5 Å². The number of carbonyl (C=O) groups is 1. The number of thioether (sulfide) groups is 1. The standard InChI is InChI=1S/C22H31N3O2S/c1-22(2,3)28-15-16-9-6-7-13-24(16)20(26)18-11-8-14-25(18)21-23-17-10-4-5-12-19(17)27-21/h4-5,10,12,16,18H,6-9,11,13-15H2,1-3H3/t16-,18-/m0/s1. The summed E-state index contributed by atoms with van der Waals surface area (Å²) in [4.78, 5) is 22.4. The Morgan fingerprint density at radius 2 is 2.00 bits per heavy atom. The van der Waals surface area contributed by atoms with Crippen LogP contribution in [0.1, 0.15) is 52.9 Å². The Labute approximate surface area is 171 Å². The van der Waals surface area contributed by atoms with Crippen molar-refractivity contribution in [3.8, 4) is 0 Å². The van der Waals surface area contributed by atoms with Crippen molar-refractivity contribution in [3.05, 3.63) is 24.3 Å². The SMILES string of the molecule is CC(C)(C)SC[C@@H]1CCCCN1C(=O)[C@@H]1CCCN1c1nc2ccccc2o1. The van der Waals surface area contributed by atoms with E-state index in [4.69, 9.17) is 4.42 Å². The first-order valence-corrected chi connectivity index (χ1v) is 11.5. The van der Waals surface area contributed by atoms with E-state index >= 15 is 0 Å². The van der Waals surface area contributed by atoms with Crippen LogP contribution in [0.3, 0.4) is 0 Å². The fraction of sp³-hybridized carbons (Fsp3) is 0.636. The molecule has 0 unspecified atom stereocenters. The maximum absolute atomic E-state index is 13.5. The molecule has 1 aromatic heterocycles. The van der Waals surface area contributed by atoms with E-state index in [-0.39, 0.29) is 16.7 Å². The van der Waals surface area contributed by atoms with Gasteiger partial charge in [-0.05, 0) is 44.2 Å². The van der Waals surface area contributed by atoms with Crippen LogP contribution in [0.25, 0.3) is 11.1 Å². The monoisotopic (exact) mass is 401 g/mol. The molecule has 0 radical (unpaired) electrons. The lowest BCUT2D eigenvalue weighted by molar-refractivity contribution is -0.135. The predicted molar refractivity (Wildman–Crippen MR) is 116 cm³/mol. The molecule has 0 aliphatic carbocycles. The fourth-order valence-corrected chi connectivity index (χ4v) is 5.28. The highest BCUT2D eigenvalue weighted by atomic mass is 32.2. The summed E-state index contributed by atoms with van der Waals surface area (Å²) in [7, 11) is 0. The number of hydrogen-bond acceptors (Lipinski definition) is 5. The summed E-state index contributed by atoms with van der Waals surface area (Å²) in [6.07, 6.45) is 5.33. The Morgan fingerprint density at radius 1 is 1.18 bits per heavy atom. The average Bonchev–Trinajstić information content (AvgIpc) is 3.32. The molecular weight excluding hydrogens is 370 g/mol. The van der Waals surface area contributed by atoms with Crippen molar-refractivity contribution in [3.63, 3.8) is 0 Å². The lowest BCUT2D eigenvalue weighted by Gasteiger charge is -2.39. The number of benzene rings is 1. The highest BCUT2D eigenvalue weighted by Gasteiger charge is 2.39. The molecule has 2 saturated heterocycles. The van der Waals surface area contributed by atoms with Gasteiger partial charge in [-0.25, -0.2) is 0 Å². The molecule has 1 aromatic carbocycles. The van der Waals surface area contributed by atoms with E-state index in [1.54, 1.807) is 0 Å². The Morgan fingerprint density at radius 3 is 2.79 bits per heavy atom. The summed E-state index contributed by atoms with van der Waals surface area (Å²) in [5.41, 5.74) is 1.64. The Kier molecular flexibility index (Phi) is 5.59. The number of carbonyl (C=O) groups excluding carboxylic acids is 1. The third-order valence-electron chi connectivity index (χ3n) is 5.69. The smallest absolute Gasteiger partial charge is 0.299 e. The van der Waals surface area contributed by atoms with Gasteiger partial charge in [0.05, 0.1) is 0 Å². The molecule has 0 N–H and O–H groups in total. The quantitative estimate of drug-likeness (QED) is 0.743. The maximum Gasteiger partial charge on any atom is 0.299 e. The third-order valence-corrected chi connectivity index (χ3v) is 7.10. The van der Waals surface area contributed by atoms with Crippen molar-refractivity contribution in [1.29, 1.82) is 0 Å². The van der Waals surface area contributed by atoms with E-state index in [2.05, 4.69) is 35.6 Å². The minimum absolute atomic E-state index is 0.145. The van der Waals surface area contributed by atoms with Gasteiger partial charge in [-0.3, -0.25) is 4.79 Å². The summed E-state index contributed by atoms with van der Waals surface area (Å²) in [6.45, 7) is 8.46. The largest absolute Gasteiger partial charge is 0.423 e. The van der Waals surface area contributed by atoms with Gasteiger partial charge in [-0.1, -0.05) is 32.9 Å². The van der Waals surface area contributed by atoms with E-state index in [0.717, 1.165) is 55.6 Å². The second-order valence-electron chi connectivity index (χ2n) is 8.92. The molecule has 28 heavy (non-hydrogen) atoms. The lowest BCUT2D eigenvalue weighted by atomic mass is 10.0. The highest BCUT2D eigenvalue weighted by molar-refractivity contribution is 8.00. The Hall–Kier alpha value is -1.69. The van der Waals surface area contributed by atoms with Gasteiger partial charge in [0.25, 0.3) is 6.01 Å². The molecule has 2 aromatic rings. The molecule has 3 heterocycles. The van der Waals surface area contributed by atoms with E-state index in [0.29, 0.717) is 12.1 Å². The van der Waals surface area contributed by atoms with E-state index < -0.39 is 0 Å². The number of hydrogen-bond donors (Lipinski definition) is 0. The first-order chi connectivity index (χ1) is 13.4. The van der Waals surface area contributed by atoms with Gasteiger partial charge in [0.15, 0.2) is 5.58 Å². The van der Waals surface area contributed by atoms with E-state index in [1.807, 2.05) is 36.0 Å². The summed E-state index contributed by atoms with van der Waals surface area (Å²) >= 11 is 1.97. The van der Waals surface area contributed by atoms with Crippen molar-refractivity contribution in [1.82, 2.24) is 9.88 Å². The molecule has 152 valence electrons. The second-order valence-corrected chi connectivity index (χ2v) is 10.8. The van der Waals surface area contributed by atoms with Crippen molar-refractivity contribution < 1.29 is 9.21 Å². The molecule has 6 heteroatoms. The lowest BCUT2D eigenvalue weighted by Crippen LogP contribution is -2.52. The topological polar surface area (TPSA) is 49.6 Å². The number of aromatic nitrogens is 1. The molecule has 2 aliphatic heterocycles. The van der Waals surface area contributed by atoms with Crippen LogP contribution in [0.4, 0.5) is 6.01 Å². The van der Waals surface area contributed by atoms with Crippen molar-refractivity contribution in [2.45, 2.75) is 69.7 Å². The second kappa shape index (κ2) is 7.97. The van der Waals surface area contributed by atoms with Gasteiger partial charge in [0, 0.05) is 29.6 Å². The summed E-state index contributed by atoms with van der Waals surface area (Å²) in [5, 5.41) is 0. The van der Waals surface area contributed by atoms with Crippen LogP contribution in [0.5, 0.6) is 0 Å². The summed E-state index contributed by atoms with van der Waals surface area (Å²) in [6, 6.07) is 8.60. The number of fused-ring (bicyclic) bond motifs is 1. The van der Waals surface area contributed by atoms with Crippen molar-refractivity contribution in [2.24, 2.45) is 0 Å². The van der Waals surface area contributed by atoms with Gasteiger partial charge in [0.2, 0.25) is 5.91 Å². The minimum Gasteiger partial charge on any atom is -0.423 e. The van der Waals surface area contributed by atoms with Crippen LogP contribution in [0.2, 0.25) is 0 Å². The van der Waals surface area contributed by atoms with Crippen LogP contribution in [-0.2, 0) is 4.79 Å². The van der Waals surface area contributed by atoms with Crippen LogP contribution >= 0.6 is 11.8 Å². The summed E-state index contributed by atoms with van der Waals surface area (Å²) in [5.74, 6) is 1.28. The fourth-order valence-electron chi connectivity index (χ4n) is 4.24. The average molecular weight is 402 g/mol. The number of para-hydroxylation sites is 2. The minimum atomic E-state index is -0.145. The Bertz CT molecular complexity index is 796. The molecule has 0 saturated carbocycles. The number of piperidine rings is 1. The number of oxazole rings is 1. The number of anilines is 1. The molecule has 0 bridgehead atoms. The zero-order chi connectivity index (χ0) is 19.7. The van der Waals surface area contributed by atoms with Crippen molar-refractivity contribution in [2.75, 3.05) is 23.7 Å². The molecule has 2 aliphatic rings. The van der Waals surface area contributed by atoms with Crippen LogP contribution in [0, 0.1) is 0 Å². The number of nitrogens with zero attached hydrogens (tertiary/aromatic N) is 3. The van der Waals surface area contributed by atoms with Crippen LogP contribution < -0.4 is 4.90 Å².